The Labute approximate surface area is 127 Å². The van der Waals surface area contributed by atoms with Gasteiger partial charge in [-0.05, 0) is 69.6 Å². The molecule has 4 heteroatoms. The number of anilines is 1. The average Bonchev–Trinajstić information content (AvgIpc) is 2.53. The largest absolute Gasteiger partial charge is 0.497 e. The topological polar surface area (TPSA) is 41.6 Å². The van der Waals surface area contributed by atoms with Crippen molar-refractivity contribution < 1.29 is 9.53 Å². The summed E-state index contributed by atoms with van der Waals surface area (Å²) in [6.45, 7) is 3.60. The van der Waals surface area contributed by atoms with Gasteiger partial charge in [-0.15, -0.1) is 0 Å². The molecule has 0 aromatic heterocycles. The molecule has 0 saturated carbocycles. The number of rotatable bonds is 7. The predicted molar refractivity (Wildman–Crippen MR) is 85.8 cm³/mol. The minimum atomic E-state index is 0.0961. The van der Waals surface area contributed by atoms with E-state index in [1.165, 1.54) is 32.4 Å². The molecule has 1 aromatic rings. The number of likely N-dealkylation sites (tertiary alicyclic amines) is 1. The molecule has 0 radical (unpaired) electrons. The Balaban J connectivity index is 1.60. The molecule has 116 valence electrons. The van der Waals surface area contributed by atoms with Crippen molar-refractivity contribution in [2.45, 2.75) is 38.5 Å². The van der Waals surface area contributed by atoms with Gasteiger partial charge >= 0.3 is 0 Å². The number of nitrogens with zero attached hydrogens (tertiary/aromatic N) is 1. The Hall–Kier alpha value is -1.55. The zero-order chi connectivity index (χ0) is 14.9. The van der Waals surface area contributed by atoms with E-state index in [1.54, 1.807) is 7.11 Å². The first-order valence-electron chi connectivity index (χ1n) is 7.94. The van der Waals surface area contributed by atoms with Crippen LogP contribution < -0.4 is 10.1 Å². The lowest BCUT2D eigenvalue weighted by atomic mass is 10.1. The number of carbonyl (C=O) groups is 1. The summed E-state index contributed by atoms with van der Waals surface area (Å²) in [5.74, 6) is 0.897. The highest BCUT2D eigenvalue weighted by Crippen LogP contribution is 2.15. The highest BCUT2D eigenvalue weighted by molar-refractivity contribution is 5.90. The first kappa shape index (κ1) is 15.8. The Morgan fingerprint density at radius 1 is 1.14 bits per heavy atom. The van der Waals surface area contributed by atoms with Crippen molar-refractivity contribution >= 4 is 11.6 Å². The fourth-order valence-corrected chi connectivity index (χ4v) is 2.70. The van der Waals surface area contributed by atoms with Crippen molar-refractivity contribution in [3.63, 3.8) is 0 Å². The van der Waals surface area contributed by atoms with Gasteiger partial charge in [0.25, 0.3) is 0 Å². The molecule has 21 heavy (non-hydrogen) atoms. The number of hydrogen-bond donors (Lipinski definition) is 1. The fraction of sp³-hybridized carbons (Fsp3) is 0.588. The van der Waals surface area contributed by atoms with Crippen LogP contribution in [0.1, 0.15) is 38.5 Å². The van der Waals surface area contributed by atoms with Crippen LogP contribution >= 0.6 is 0 Å². The number of benzene rings is 1. The maximum absolute atomic E-state index is 11.9. The van der Waals surface area contributed by atoms with Gasteiger partial charge in [-0.1, -0.05) is 6.42 Å². The monoisotopic (exact) mass is 290 g/mol. The van der Waals surface area contributed by atoms with Crippen molar-refractivity contribution in [1.29, 1.82) is 0 Å². The standard InChI is InChI=1S/C17H26N2O2/c1-21-16-10-8-15(9-11-16)18-17(20)7-3-6-14-19-12-4-2-5-13-19/h8-11H,2-7,12-14H2,1H3,(H,18,20). The zero-order valence-electron chi connectivity index (χ0n) is 12.9. The van der Waals surface area contributed by atoms with Gasteiger partial charge in [0.05, 0.1) is 7.11 Å². The van der Waals surface area contributed by atoms with E-state index in [-0.39, 0.29) is 5.91 Å². The van der Waals surface area contributed by atoms with Crippen LogP contribution in [0.15, 0.2) is 24.3 Å². The van der Waals surface area contributed by atoms with Crippen LogP contribution in [0.5, 0.6) is 5.75 Å². The molecule has 4 nitrogen and oxygen atoms in total. The summed E-state index contributed by atoms with van der Waals surface area (Å²) in [4.78, 5) is 14.4. The maximum Gasteiger partial charge on any atom is 0.224 e. The highest BCUT2D eigenvalue weighted by atomic mass is 16.5. The van der Waals surface area contributed by atoms with Crippen molar-refractivity contribution in [2.75, 3.05) is 32.1 Å². The summed E-state index contributed by atoms with van der Waals surface area (Å²) >= 11 is 0. The quantitative estimate of drug-likeness (QED) is 0.783. The number of unbranched alkanes of at least 4 members (excludes halogenated alkanes) is 1. The summed E-state index contributed by atoms with van der Waals surface area (Å²) in [5, 5.41) is 2.92. The molecule has 1 N–H and O–H groups in total. The van der Waals surface area contributed by atoms with Gasteiger partial charge in [0, 0.05) is 12.1 Å². The summed E-state index contributed by atoms with van der Waals surface area (Å²) in [5.41, 5.74) is 0.830. The third-order valence-electron chi connectivity index (χ3n) is 3.95. The molecule has 2 rings (SSSR count). The summed E-state index contributed by atoms with van der Waals surface area (Å²) in [6, 6.07) is 7.44. The normalized spacial score (nSPS) is 15.7. The van der Waals surface area contributed by atoms with Crippen LogP contribution in [0.3, 0.4) is 0 Å². The number of nitrogens with one attached hydrogen (secondary N) is 1. The number of hydrogen-bond acceptors (Lipinski definition) is 3. The third kappa shape index (κ3) is 5.76. The second-order valence-corrected chi connectivity index (χ2v) is 5.64. The molecule has 0 unspecified atom stereocenters. The van der Waals surface area contributed by atoms with E-state index in [0.717, 1.165) is 30.8 Å². The van der Waals surface area contributed by atoms with E-state index >= 15 is 0 Å². The van der Waals surface area contributed by atoms with Crippen LogP contribution in [0.4, 0.5) is 5.69 Å². The van der Waals surface area contributed by atoms with E-state index in [9.17, 15) is 4.79 Å². The van der Waals surface area contributed by atoms with Gasteiger partial charge in [0.2, 0.25) is 5.91 Å². The number of ether oxygens (including phenoxy) is 1. The molecule has 1 saturated heterocycles. The van der Waals surface area contributed by atoms with Gasteiger partial charge in [-0.3, -0.25) is 4.79 Å². The van der Waals surface area contributed by atoms with Gasteiger partial charge in [0.15, 0.2) is 0 Å². The second-order valence-electron chi connectivity index (χ2n) is 5.64. The second kappa shape index (κ2) is 8.67. The van der Waals surface area contributed by atoms with Crippen molar-refractivity contribution in [2.24, 2.45) is 0 Å². The fourth-order valence-electron chi connectivity index (χ4n) is 2.70. The average molecular weight is 290 g/mol. The number of amides is 1. The minimum Gasteiger partial charge on any atom is -0.497 e. The van der Waals surface area contributed by atoms with Gasteiger partial charge < -0.3 is 15.0 Å². The first-order valence-corrected chi connectivity index (χ1v) is 7.94. The van der Waals surface area contributed by atoms with Gasteiger partial charge in [0.1, 0.15) is 5.75 Å². The van der Waals surface area contributed by atoms with E-state index in [1.807, 2.05) is 24.3 Å². The molecule has 1 amide bonds. The Bertz CT molecular complexity index is 425. The molecule has 1 aliphatic rings. The molecule has 0 aliphatic carbocycles. The smallest absolute Gasteiger partial charge is 0.224 e. The maximum atomic E-state index is 11.9. The molecule has 1 aromatic carbocycles. The minimum absolute atomic E-state index is 0.0961. The lowest BCUT2D eigenvalue weighted by molar-refractivity contribution is -0.116. The molecule has 0 spiro atoms. The molecule has 0 atom stereocenters. The third-order valence-corrected chi connectivity index (χ3v) is 3.95. The molecule has 0 bridgehead atoms. The van der Waals surface area contributed by atoms with Crippen molar-refractivity contribution in [3.8, 4) is 5.75 Å². The Kier molecular flexibility index (Phi) is 6.54. The molecule has 1 fully saturated rings. The lowest BCUT2D eigenvalue weighted by Crippen LogP contribution is -2.30. The van der Waals surface area contributed by atoms with E-state index < -0.39 is 0 Å². The van der Waals surface area contributed by atoms with Crippen LogP contribution in [0.2, 0.25) is 0 Å². The summed E-state index contributed by atoms with van der Waals surface area (Å²) in [7, 11) is 1.63. The van der Waals surface area contributed by atoms with Gasteiger partial charge in [-0.25, -0.2) is 0 Å². The Morgan fingerprint density at radius 2 is 1.86 bits per heavy atom. The number of methoxy groups -OCH3 is 1. The molecule has 1 aliphatic heterocycles. The highest BCUT2D eigenvalue weighted by Gasteiger charge is 2.09. The van der Waals surface area contributed by atoms with Gasteiger partial charge in [-0.2, -0.15) is 0 Å². The Morgan fingerprint density at radius 3 is 2.52 bits per heavy atom. The predicted octanol–water partition coefficient (Wildman–Crippen LogP) is 3.29. The van der Waals surface area contributed by atoms with Crippen LogP contribution in [-0.2, 0) is 4.79 Å². The van der Waals surface area contributed by atoms with Crippen LogP contribution in [0, 0.1) is 0 Å². The van der Waals surface area contributed by atoms with Crippen LogP contribution in [-0.4, -0.2) is 37.6 Å². The van der Waals surface area contributed by atoms with E-state index in [0.29, 0.717) is 6.42 Å². The summed E-state index contributed by atoms with van der Waals surface area (Å²) in [6.07, 6.45) is 6.70. The SMILES string of the molecule is COc1ccc(NC(=O)CCCCN2CCCCC2)cc1. The lowest BCUT2D eigenvalue weighted by Gasteiger charge is -2.26. The first-order chi connectivity index (χ1) is 10.3. The zero-order valence-corrected chi connectivity index (χ0v) is 12.9. The molecular weight excluding hydrogens is 264 g/mol. The number of piperidine rings is 1. The van der Waals surface area contributed by atoms with E-state index in [2.05, 4.69) is 10.2 Å². The number of carbonyl (C=O) groups excluding carboxylic acids is 1. The summed E-state index contributed by atoms with van der Waals surface area (Å²) < 4.78 is 5.09. The van der Waals surface area contributed by atoms with Crippen LogP contribution in [0.25, 0.3) is 0 Å². The van der Waals surface area contributed by atoms with Crippen molar-refractivity contribution in [1.82, 2.24) is 4.90 Å². The molecule has 1 heterocycles. The van der Waals surface area contributed by atoms with E-state index in [4.69, 9.17) is 4.74 Å². The van der Waals surface area contributed by atoms with Crippen molar-refractivity contribution in [3.05, 3.63) is 24.3 Å². The molecular formula is C17H26N2O2.